The number of esters is 1. The summed E-state index contributed by atoms with van der Waals surface area (Å²) < 4.78 is 24.8. The number of ether oxygens (including phenoxy) is 5. The number of nitrogens with one attached hydrogen (secondary N) is 2. The van der Waals surface area contributed by atoms with E-state index in [1.165, 1.54) is 7.11 Å². The maximum absolute atomic E-state index is 11.6. The highest BCUT2D eigenvalue weighted by Gasteiger charge is 2.14. The molecule has 0 rings (SSSR count). The summed E-state index contributed by atoms with van der Waals surface area (Å²) in [4.78, 5) is 44.4. The number of aliphatic carboxylic acids is 1. The second-order valence-corrected chi connectivity index (χ2v) is 6.09. The first-order valence-electron chi connectivity index (χ1n) is 9.76. The molecule has 0 fully saturated rings. The van der Waals surface area contributed by atoms with Crippen LogP contribution >= 0.6 is 0 Å². The van der Waals surface area contributed by atoms with E-state index in [0.29, 0.717) is 13.1 Å². The summed E-state index contributed by atoms with van der Waals surface area (Å²) in [5.41, 5.74) is 5.54. The molecule has 0 radical (unpaired) electrons. The van der Waals surface area contributed by atoms with Gasteiger partial charge in [-0.1, -0.05) is 0 Å². The summed E-state index contributed by atoms with van der Waals surface area (Å²) in [6, 6.07) is -0.820. The quantitative estimate of drug-likeness (QED) is 0.115. The van der Waals surface area contributed by atoms with Crippen molar-refractivity contribution in [3.05, 3.63) is 0 Å². The van der Waals surface area contributed by atoms with Gasteiger partial charge in [-0.25, -0.2) is 4.79 Å². The van der Waals surface area contributed by atoms with Crippen molar-refractivity contribution in [1.29, 1.82) is 0 Å². The highest BCUT2D eigenvalue weighted by atomic mass is 16.5. The molecule has 0 aromatic heterocycles. The fourth-order valence-corrected chi connectivity index (χ4v) is 1.98. The van der Waals surface area contributed by atoms with Gasteiger partial charge in [0.15, 0.2) is 0 Å². The molecular weight excluding hydrogens is 418 g/mol. The van der Waals surface area contributed by atoms with Crippen LogP contribution in [0.5, 0.6) is 0 Å². The van der Waals surface area contributed by atoms with Crippen molar-refractivity contribution >= 4 is 23.8 Å². The molecule has 0 aliphatic rings. The minimum Gasteiger partial charge on any atom is -0.480 e. The average molecular weight is 451 g/mol. The van der Waals surface area contributed by atoms with Gasteiger partial charge in [0, 0.05) is 19.5 Å². The van der Waals surface area contributed by atoms with Crippen molar-refractivity contribution in [3.63, 3.8) is 0 Å². The van der Waals surface area contributed by atoms with Gasteiger partial charge in [-0.3, -0.25) is 14.4 Å². The summed E-state index contributed by atoms with van der Waals surface area (Å²) in [5.74, 6) is -2.15. The summed E-state index contributed by atoms with van der Waals surface area (Å²) in [6.07, 6.45) is 0.306. The highest BCUT2D eigenvalue weighted by molar-refractivity contribution is 5.79. The lowest BCUT2D eigenvalue weighted by molar-refractivity contribution is -0.143. The molecule has 0 aromatic carbocycles. The molecule has 2 amide bonds. The Kier molecular flexibility index (Phi) is 18.2. The van der Waals surface area contributed by atoms with Crippen LogP contribution in [0.25, 0.3) is 0 Å². The summed E-state index contributed by atoms with van der Waals surface area (Å²) in [7, 11) is 1.23. The van der Waals surface area contributed by atoms with Gasteiger partial charge >= 0.3 is 11.9 Å². The molecule has 0 unspecified atom stereocenters. The van der Waals surface area contributed by atoms with E-state index >= 15 is 0 Å². The van der Waals surface area contributed by atoms with Crippen molar-refractivity contribution in [1.82, 2.24) is 10.6 Å². The van der Waals surface area contributed by atoms with Crippen LogP contribution in [-0.4, -0.2) is 108 Å². The maximum atomic E-state index is 11.6. The molecule has 0 aromatic rings. The molecule has 0 aliphatic carbocycles. The average Bonchev–Trinajstić information content (AvgIpc) is 2.74. The molecule has 0 spiro atoms. The van der Waals surface area contributed by atoms with E-state index in [2.05, 4.69) is 15.4 Å². The Balaban J connectivity index is 3.39. The van der Waals surface area contributed by atoms with Crippen molar-refractivity contribution in [3.8, 4) is 0 Å². The minimum absolute atomic E-state index is 0.109. The van der Waals surface area contributed by atoms with Crippen LogP contribution in [0.3, 0.4) is 0 Å². The van der Waals surface area contributed by atoms with Crippen molar-refractivity contribution < 1.29 is 48.0 Å². The molecule has 1 atom stereocenters. The van der Waals surface area contributed by atoms with E-state index in [1.54, 1.807) is 0 Å². The predicted molar refractivity (Wildman–Crippen MR) is 106 cm³/mol. The fourth-order valence-electron chi connectivity index (χ4n) is 1.98. The number of hydrogen-bond donors (Lipinski definition) is 4. The Morgan fingerprint density at radius 1 is 0.806 bits per heavy atom. The largest absolute Gasteiger partial charge is 0.480 e. The third-order valence-corrected chi connectivity index (χ3v) is 3.53. The fraction of sp³-hybridized carbons (Fsp3) is 0.778. The Labute approximate surface area is 180 Å². The van der Waals surface area contributed by atoms with E-state index < -0.39 is 18.0 Å². The van der Waals surface area contributed by atoms with Crippen LogP contribution in [-0.2, 0) is 42.9 Å². The minimum atomic E-state index is -1.04. The molecule has 0 saturated carbocycles. The van der Waals surface area contributed by atoms with Gasteiger partial charge in [-0.15, -0.1) is 0 Å². The zero-order chi connectivity index (χ0) is 23.3. The number of methoxy groups -OCH3 is 1. The van der Waals surface area contributed by atoms with Crippen LogP contribution in [0, 0.1) is 0 Å². The number of nitrogens with two attached hydrogens (primary N) is 1. The normalized spacial score (nSPS) is 11.5. The van der Waals surface area contributed by atoms with Crippen molar-refractivity contribution in [2.24, 2.45) is 5.73 Å². The van der Waals surface area contributed by atoms with E-state index in [9.17, 15) is 19.2 Å². The first-order chi connectivity index (χ1) is 14.9. The number of carboxylic acid groups (broad SMARTS) is 1. The zero-order valence-corrected chi connectivity index (χ0v) is 17.8. The third-order valence-electron chi connectivity index (χ3n) is 3.53. The lowest BCUT2D eigenvalue weighted by atomic mass is 10.1. The smallest absolute Gasteiger partial charge is 0.329 e. The summed E-state index contributed by atoms with van der Waals surface area (Å²) in [5, 5.41) is 13.6. The third kappa shape index (κ3) is 19.4. The Morgan fingerprint density at radius 2 is 1.32 bits per heavy atom. The Bertz CT molecular complexity index is 533. The topological polar surface area (TPSA) is 185 Å². The van der Waals surface area contributed by atoms with Gasteiger partial charge in [0.05, 0.1) is 46.8 Å². The van der Waals surface area contributed by atoms with Gasteiger partial charge in [0.2, 0.25) is 11.8 Å². The molecule has 13 nitrogen and oxygen atoms in total. The number of carbonyl (C=O) groups is 4. The van der Waals surface area contributed by atoms with Crippen LogP contribution in [0.1, 0.15) is 12.8 Å². The molecule has 13 heteroatoms. The summed E-state index contributed by atoms with van der Waals surface area (Å²) in [6.45, 7) is 1.52. The lowest BCUT2D eigenvalue weighted by Crippen LogP contribution is -2.34. The van der Waals surface area contributed by atoms with Crippen LogP contribution in [0.15, 0.2) is 0 Å². The Hall–Kier alpha value is -2.32. The van der Waals surface area contributed by atoms with Crippen molar-refractivity contribution in [2.45, 2.75) is 18.9 Å². The highest BCUT2D eigenvalue weighted by Crippen LogP contribution is 1.96. The molecule has 31 heavy (non-hydrogen) atoms. The number of rotatable bonds is 20. The molecular formula is C18H33N3O10. The Morgan fingerprint density at radius 3 is 1.87 bits per heavy atom. The standard InChI is InChI=1S/C18H33N3O10/c1-27-18(26)14(19)2-3-15(22)20-4-6-28-8-10-30-12-16(23)21-5-7-29-9-11-31-13-17(24)25/h14H,2-13,19H2,1H3,(H,20,22)(H,21,23)(H,24,25)/t14-/m0/s1. The van der Waals surface area contributed by atoms with Crippen LogP contribution in [0.4, 0.5) is 0 Å². The van der Waals surface area contributed by atoms with Gasteiger partial charge in [-0.05, 0) is 6.42 Å². The number of hydrogen-bond acceptors (Lipinski definition) is 10. The predicted octanol–water partition coefficient (Wildman–Crippen LogP) is -2.35. The molecule has 0 saturated heterocycles. The maximum Gasteiger partial charge on any atom is 0.329 e. The van der Waals surface area contributed by atoms with E-state index in [1.807, 2.05) is 0 Å². The van der Waals surface area contributed by atoms with E-state index in [4.69, 9.17) is 29.8 Å². The van der Waals surface area contributed by atoms with Crippen LogP contribution < -0.4 is 16.4 Å². The molecule has 0 bridgehead atoms. The second kappa shape index (κ2) is 19.6. The van der Waals surface area contributed by atoms with Gasteiger partial charge < -0.3 is 45.2 Å². The first kappa shape index (κ1) is 28.7. The number of carbonyl (C=O) groups excluding carboxylic acids is 3. The SMILES string of the molecule is COC(=O)[C@@H](N)CCC(=O)NCCOCCOCC(=O)NCCOCCOCC(=O)O. The van der Waals surface area contributed by atoms with Crippen LogP contribution in [0.2, 0.25) is 0 Å². The van der Waals surface area contributed by atoms with E-state index in [-0.39, 0.29) is 77.5 Å². The molecule has 0 aliphatic heterocycles. The van der Waals surface area contributed by atoms with Gasteiger partial charge in [0.1, 0.15) is 19.3 Å². The number of carboxylic acids is 1. The summed E-state index contributed by atoms with van der Waals surface area (Å²) >= 11 is 0. The lowest BCUT2D eigenvalue weighted by Gasteiger charge is -2.10. The van der Waals surface area contributed by atoms with Crippen molar-refractivity contribution in [2.75, 3.05) is 73.1 Å². The number of amides is 2. The molecule has 0 heterocycles. The van der Waals surface area contributed by atoms with Gasteiger partial charge in [-0.2, -0.15) is 0 Å². The zero-order valence-electron chi connectivity index (χ0n) is 17.8. The monoisotopic (exact) mass is 451 g/mol. The first-order valence-corrected chi connectivity index (χ1v) is 9.76. The molecule has 180 valence electrons. The molecule has 5 N–H and O–H groups in total. The van der Waals surface area contributed by atoms with E-state index in [0.717, 1.165) is 0 Å². The van der Waals surface area contributed by atoms with Gasteiger partial charge in [0.25, 0.3) is 0 Å². The second-order valence-electron chi connectivity index (χ2n) is 6.09.